The number of aryl methyl sites for hydroxylation is 3. The van der Waals surface area contributed by atoms with Gasteiger partial charge in [0.1, 0.15) is 5.52 Å². The minimum Gasteiger partial charge on any atom is -0.369 e. The first-order valence-corrected chi connectivity index (χ1v) is 7.88. The number of hydrogen-bond donors (Lipinski definition) is 1. The summed E-state index contributed by atoms with van der Waals surface area (Å²) in [6.45, 7) is 3.07. The van der Waals surface area contributed by atoms with Gasteiger partial charge in [-0.3, -0.25) is 9.25 Å². The molecule has 2 aromatic rings. The molecule has 3 rings (SSSR count). The van der Waals surface area contributed by atoms with Gasteiger partial charge >= 0.3 is 0 Å². The number of imidazole rings is 1. The van der Waals surface area contributed by atoms with E-state index in [2.05, 4.69) is 21.6 Å². The first kappa shape index (κ1) is 13.5. The van der Waals surface area contributed by atoms with Gasteiger partial charge in [-0.1, -0.05) is 32.6 Å². The van der Waals surface area contributed by atoms with E-state index in [1.165, 1.54) is 38.5 Å². The second-order valence-electron chi connectivity index (χ2n) is 6.01. The standard InChI is InChI=1S/C15H25N5/c1-3-12-13-14(19(2)18-12)20(15(16)17-13)10-6-9-11-7-4-5-8-11/h11H,3-10H2,1-2H3,(H2,16,17). The van der Waals surface area contributed by atoms with Crippen molar-refractivity contribution in [3.8, 4) is 0 Å². The fourth-order valence-electron chi connectivity index (χ4n) is 3.55. The molecule has 0 aliphatic heterocycles. The summed E-state index contributed by atoms with van der Waals surface area (Å²) in [6, 6.07) is 0. The van der Waals surface area contributed by atoms with Gasteiger partial charge in [-0.15, -0.1) is 0 Å². The molecule has 0 saturated heterocycles. The molecule has 0 radical (unpaired) electrons. The van der Waals surface area contributed by atoms with Crippen LogP contribution in [-0.2, 0) is 20.0 Å². The van der Waals surface area contributed by atoms with E-state index < -0.39 is 0 Å². The number of anilines is 1. The molecule has 110 valence electrons. The quantitative estimate of drug-likeness (QED) is 0.912. The predicted molar refractivity (Wildman–Crippen MR) is 81.5 cm³/mol. The molecule has 0 spiro atoms. The monoisotopic (exact) mass is 275 g/mol. The number of hydrogen-bond acceptors (Lipinski definition) is 3. The van der Waals surface area contributed by atoms with Crippen LogP contribution >= 0.6 is 0 Å². The maximum atomic E-state index is 6.10. The van der Waals surface area contributed by atoms with Crippen LogP contribution in [0.4, 0.5) is 5.95 Å². The van der Waals surface area contributed by atoms with Crippen LogP contribution in [0.2, 0.25) is 0 Å². The van der Waals surface area contributed by atoms with Crippen molar-refractivity contribution in [2.24, 2.45) is 13.0 Å². The van der Waals surface area contributed by atoms with E-state index in [1.54, 1.807) is 0 Å². The summed E-state index contributed by atoms with van der Waals surface area (Å²) in [7, 11) is 1.98. The molecule has 20 heavy (non-hydrogen) atoms. The lowest BCUT2D eigenvalue weighted by atomic mass is 10.0. The molecule has 2 N–H and O–H groups in total. The highest BCUT2D eigenvalue weighted by Gasteiger charge is 2.18. The molecule has 5 heteroatoms. The maximum absolute atomic E-state index is 6.10. The highest BCUT2D eigenvalue weighted by Crippen LogP contribution is 2.29. The molecule has 0 atom stereocenters. The third kappa shape index (κ3) is 2.30. The summed E-state index contributed by atoms with van der Waals surface area (Å²) < 4.78 is 4.06. The minimum absolute atomic E-state index is 0.633. The lowest BCUT2D eigenvalue weighted by Crippen LogP contribution is -2.08. The second-order valence-corrected chi connectivity index (χ2v) is 6.01. The first-order chi connectivity index (χ1) is 9.70. The third-order valence-corrected chi connectivity index (χ3v) is 4.62. The molecule has 2 aromatic heterocycles. The molecular weight excluding hydrogens is 250 g/mol. The van der Waals surface area contributed by atoms with E-state index in [4.69, 9.17) is 5.73 Å². The number of nitrogens with two attached hydrogens (primary N) is 1. The first-order valence-electron chi connectivity index (χ1n) is 7.88. The lowest BCUT2D eigenvalue weighted by Gasteiger charge is -2.10. The zero-order valence-electron chi connectivity index (χ0n) is 12.6. The molecule has 0 bridgehead atoms. The van der Waals surface area contributed by atoms with Crippen molar-refractivity contribution >= 4 is 17.1 Å². The van der Waals surface area contributed by atoms with Gasteiger partial charge in [0.15, 0.2) is 5.65 Å². The molecule has 1 fully saturated rings. The van der Waals surface area contributed by atoms with Crippen molar-refractivity contribution in [3.05, 3.63) is 5.69 Å². The Morgan fingerprint density at radius 2 is 2.05 bits per heavy atom. The zero-order valence-corrected chi connectivity index (χ0v) is 12.6. The van der Waals surface area contributed by atoms with Gasteiger partial charge in [0.25, 0.3) is 0 Å². The molecule has 1 saturated carbocycles. The molecular formula is C15H25N5. The van der Waals surface area contributed by atoms with E-state index in [9.17, 15) is 0 Å². The van der Waals surface area contributed by atoms with Gasteiger partial charge < -0.3 is 5.73 Å². The molecule has 5 nitrogen and oxygen atoms in total. The van der Waals surface area contributed by atoms with Crippen LogP contribution in [0.15, 0.2) is 0 Å². The van der Waals surface area contributed by atoms with Gasteiger partial charge in [0.2, 0.25) is 5.95 Å². The summed E-state index contributed by atoms with van der Waals surface area (Å²) in [6.07, 6.45) is 9.08. The Bertz CT molecular complexity index is 589. The Balaban J connectivity index is 1.76. The van der Waals surface area contributed by atoms with E-state index in [-0.39, 0.29) is 0 Å². The van der Waals surface area contributed by atoms with Gasteiger partial charge in [-0.05, 0) is 25.2 Å². The smallest absolute Gasteiger partial charge is 0.202 e. The number of aromatic nitrogens is 4. The highest BCUT2D eigenvalue weighted by atomic mass is 15.3. The van der Waals surface area contributed by atoms with Crippen molar-refractivity contribution in [2.45, 2.75) is 58.4 Å². The van der Waals surface area contributed by atoms with E-state index in [0.717, 1.165) is 35.7 Å². The Morgan fingerprint density at radius 3 is 2.75 bits per heavy atom. The van der Waals surface area contributed by atoms with E-state index >= 15 is 0 Å². The summed E-state index contributed by atoms with van der Waals surface area (Å²) in [5, 5.41) is 4.53. The molecule has 1 aliphatic carbocycles. The van der Waals surface area contributed by atoms with Crippen LogP contribution in [0.25, 0.3) is 11.2 Å². The third-order valence-electron chi connectivity index (χ3n) is 4.62. The number of fused-ring (bicyclic) bond motifs is 1. The van der Waals surface area contributed by atoms with Crippen LogP contribution in [0.1, 0.15) is 51.1 Å². The maximum Gasteiger partial charge on any atom is 0.202 e. The molecule has 0 unspecified atom stereocenters. The second kappa shape index (κ2) is 5.46. The SMILES string of the molecule is CCc1nn(C)c2c1nc(N)n2CCCC1CCCC1. The summed E-state index contributed by atoms with van der Waals surface area (Å²) in [5.74, 6) is 1.57. The van der Waals surface area contributed by atoms with Crippen molar-refractivity contribution in [3.63, 3.8) is 0 Å². The van der Waals surface area contributed by atoms with Gasteiger partial charge in [0.05, 0.1) is 5.69 Å². The number of nitrogens with zero attached hydrogens (tertiary/aromatic N) is 4. The fourth-order valence-corrected chi connectivity index (χ4v) is 3.55. The fraction of sp³-hybridized carbons (Fsp3) is 0.733. The van der Waals surface area contributed by atoms with Crippen LogP contribution < -0.4 is 5.73 Å². The Hall–Kier alpha value is -1.52. The van der Waals surface area contributed by atoms with Gasteiger partial charge in [-0.2, -0.15) is 5.10 Å². The van der Waals surface area contributed by atoms with Crippen molar-refractivity contribution in [1.82, 2.24) is 19.3 Å². The predicted octanol–water partition coefficient (Wildman–Crippen LogP) is 2.88. The van der Waals surface area contributed by atoms with Gasteiger partial charge in [0, 0.05) is 13.6 Å². The Kier molecular flexibility index (Phi) is 3.68. The van der Waals surface area contributed by atoms with Crippen LogP contribution in [-0.4, -0.2) is 19.3 Å². The van der Waals surface area contributed by atoms with Crippen LogP contribution in [0, 0.1) is 5.92 Å². The average Bonchev–Trinajstić information content (AvgIpc) is 3.10. The largest absolute Gasteiger partial charge is 0.369 e. The van der Waals surface area contributed by atoms with Crippen molar-refractivity contribution < 1.29 is 0 Å². The van der Waals surface area contributed by atoms with E-state index in [0.29, 0.717) is 5.95 Å². The summed E-state index contributed by atoms with van der Waals surface area (Å²) >= 11 is 0. The Morgan fingerprint density at radius 1 is 1.30 bits per heavy atom. The van der Waals surface area contributed by atoms with Crippen molar-refractivity contribution in [1.29, 1.82) is 0 Å². The summed E-state index contributed by atoms with van der Waals surface area (Å²) in [4.78, 5) is 4.51. The highest BCUT2D eigenvalue weighted by molar-refractivity contribution is 5.77. The van der Waals surface area contributed by atoms with Crippen LogP contribution in [0.5, 0.6) is 0 Å². The summed E-state index contributed by atoms with van der Waals surface area (Å²) in [5.41, 5.74) is 9.20. The average molecular weight is 275 g/mol. The molecule has 1 aliphatic rings. The van der Waals surface area contributed by atoms with Crippen LogP contribution in [0.3, 0.4) is 0 Å². The van der Waals surface area contributed by atoms with E-state index in [1.807, 2.05) is 11.7 Å². The Labute approximate surface area is 120 Å². The zero-order chi connectivity index (χ0) is 14.1. The number of rotatable bonds is 5. The van der Waals surface area contributed by atoms with Gasteiger partial charge in [-0.25, -0.2) is 4.98 Å². The number of nitrogen functional groups attached to an aromatic ring is 1. The lowest BCUT2D eigenvalue weighted by molar-refractivity contribution is 0.461. The molecule has 2 heterocycles. The molecule has 0 aromatic carbocycles. The minimum atomic E-state index is 0.633. The topological polar surface area (TPSA) is 61.7 Å². The van der Waals surface area contributed by atoms with Crippen molar-refractivity contribution in [2.75, 3.05) is 5.73 Å². The normalized spacial score (nSPS) is 16.5. The molecule has 0 amide bonds.